The Balaban J connectivity index is 2.46. The molecule has 3 heteroatoms. The normalized spacial score (nSPS) is 12.5. The van der Waals surface area contributed by atoms with E-state index in [1.807, 2.05) is 19.1 Å². The lowest BCUT2D eigenvalue weighted by Gasteiger charge is -2.23. The molecule has 0 bridgehead atoms. The molecule has 0 saturated heterocycles. The summed E-state index contributed by atoms with van der Waals surface area (Å²) in [6.07, 6.45) is 0. The molecule has 0 aliphatic heterocycles. The second kappa shape index (κ2) is 6.36. The third-order valence-corrected chi connectivity index (χ3v) is 5.25. The van der Waals surface area contributed by atoms with Gasteiger partial charge in [0.25, 0.3) is 0 Å². The highest BCUT2D eigenvalue weighted by molar-refractivity contribution is 7.99. The Morgan fingerprint density at radius 1 is 0.750 bits per heavy atom. The van der Waals surface area contributed by atoms with Crippen LogP contribution >= 0.6 is 11.8 Å². The van der Waals surface area contributed by atoms with Gasteiger partial charge in [0.1, 0.15) is 11.5 Å². The third kappa shape index (κ3) is 4.07. The number of aryl methyl sites for hydroxylation is 1. The molecule has 0 aliphatic rings. The van der Waals surface area contributed by atoms with Crippen molar-refractivity contribution in [3.05, 3.63) is 47.0 Å². The molecule has 2 N–H and O–H groups in total. The largest absolute Gasteiger partial charge is 0.508 e. The molecule has 0 radical (unpaired) electrons. The minimum atomic E-state index is -0.112. The number of phenols is 2. The highest BCUT2D eigenvalue weighted by atomic mass is 32.2. The molecular weight excluding hydrogens is 316 g/mol. The first-order chi connectivity index (χ1) is 10.9. The monoisotopic (exact) mass is 344 g/mol. The molecule has 0 aliphatic carbocycles. The second-order valence-electron chi connectivity index (χ2n) is 8.42. The first-order valence-electron chi connectivity index (χ1n) is 8.25. The molecule has 2 aromatic carbocycles. The first kappa shape index (κ1) is 18.7. The van der Waals surface area contributed by atoms with E-state index in [2.05, 4.69) is 53.7 Å². The third-order valence-electron chi connectivity index (χ3n) is 4.11. The van der Waals surface area contributed by atoms with Crippen molar-refractivity contribution in [1.29, 1.82) is 0 Å². The van der Waals surface area contributed by atoms with Gasteiger partial charge in [-0.2, -0.15) is 0 Å². The Kier molecular flexibility index (Phi) is 4.96. The summed E-state index contributed by atoms with van der Waals surface area (Å²) in [6, 6.07) is 9.69. The van der Waals surface area contributed by atoms with Gasteiger partial charge in [-0.1, -0.05) is 53.3 Å². The minimum absolute atomic E-state index is 0.110. The van der Waals surface area contributed by atoms with E-state index in [0.29, 0.717) is 11.5 Å². The van der Waals surface area contributed by atoms with Gasteiger partial charge >= 0.3 is 0 Å². The Hall–Kier alpha value is -1.61. The van der Waals surface area contributed by atoms with Crippen molar-refractivity contribution in [2.75, 3.05) is 0 Å². The van der Waals surface area contributed by atoms with Crippen LogP contribution in [0.15, 0.2) is 40.1 Å². The van der Waals surface area contributed by atoms with Crippen molar-refractivity contribution in [3.63, 3.8) is 0 Å². The fourth-order valence-corrected chi connectivity index (χ4v) is 3.65. The average Bonchev–Trinajstić information content (AvgIpc) is 2.41. The highest BCUT2D eigenvalue weighted by Gasteiger charge is 2.21. The molecule has 0 fully saturated rings. The van der Waals surface area contributed by atoms with Crippen LogP contribution in [0.1, 0.15) is 58.2 Å². The van der Waals surface area contributed by atoms with Crippen LogP contribution in [-0.2, 0) is 10.8 Å². The van der Waals surface area contributed by atoms with Crippen LogP contribution in [0.3, 0.4) is 0 Å². The Morgan fingerprint density at radius 2 is 1.29 bits per heavy atom. The predicted octanol–water partition coefficient (Wildman–Crippen LogP) is 6.15. The summed E-state index contributed by atoms with van der Waals surface area (Å²) in [5, 5.41) is 20.4. The molecule has 0 unspecified atom stereocenters. The summed E-state index contributed by atoms with van der Waals surface area (Å²) in [6.45, 7) is 14.6. The molecular formula is C21H28O2S. The van der Waals surface area contributed by atoms with Crippen LogP contribution < -0.4 is 0 Å². The number of hydrogen-bond donors (Lipinski definition) is 2. The lowest BCUT2D eigenvalue weighted by molar-refractivity contribution is 0.445. The summed E-state index contributed by atoms with van der Waals surface area (Å²) in [4.78, 5) is 2.22. The number of phenolic OH excluding ortho intramolecular Hbond substituents is 2. The standard InChI is InChI=1S/C21H28O2S/c1-13-10-18(23)16(21(5,6)7)12-19(13)24-14-8-9-17(22)15(11-14)20(2,3)4/h8-12,22-23H,1-7H3. The zero-order valence-corrected chi connectivity index (χ0v) is 16.5. The van der Waals surface area contributed by atoms with Gasteiger partial charge in [0.2, 0.25) is 0 Å². The Bertz CT molecular complexity index is 750. The number of rotatable bonds is 2. The average molecular weight is 345 g/mol. The van der Waals surface area contributed by atoms with E-state index in [-0.39, 0.29) is 10.8 Å². The molecule has 0 amide bonds. The van der Waals surface area contributed by atoms with E-state index in [9.17, 15) is 10.2 Å². The topological polar surface area (TPSA) is 40.5 Å². The molecule has 0 atom stereocenters. The highest BCUT2D eigenvalue weighted by Crippen LogP contribution is 2.40. The predicted molar refractivity (Wildman–Crippen MR) is 102 cm³/mol. The summed E-state index contributed by atoms with van der Waals surface area (Å²) in [5.74, 6) is 0.690. The van der Waals surface area contributed by atoms with E-state index in [0.717, 1.165) is 26.5 Å². The molecule has 0 heterocycles. The van der Waals surface area contributed by atoms with Crippen molar-refractivity contribution in [2.24, 2.45) is 0 Å². The van der Waals surface area contributed by atoms with Gasteiger partial charge in [-0.15, -0.1) is 0 Å². The minimum Gasteiger partial charge on any atom is -0.508 e. The van der Waals surface area contributed by atoms with E-state index in [1.165, 1.54) is 0 Å². The maximum atomic E-state index is 10.3. The van der Waals surface area contributed by atoms with Crippen LogP contribution in [-0.4, -0.2) is 10.2 Å². The molecule has 0 saturated carbocycles. The first-order valence-corrected chi connectivity index (χ1v) is 9.06. The van der Waals surface area contributed by atoms with E-state index in [1.54, 1.807) is 17.8 Å². The molecule has 24 heavy (non-hydrogen) atoms. The molecule has 0 spiro atoms. The maximum absolute atomic E-state index is 10.3. The van der Waals surface area contributed by atoms with Crippen molar-refractivity contribution in [1.82, 2.24) is 0 Å². The van der Waals surface area contributed by atoms with Gasteiger partial charge in [0.05, 0.1) is 0 Å². The van der Waals surface area contributed by atoms with E-state index in [4.69, 9.17) is 0 Å². The maximum Gasteiger partial charge on any atom is 0.119 e. The van der Waals surface area contributed by atoms with Gasteiger partial charge in [-0.25, -0.2) is 0 Å². The van der Waals surface area contributed by atoms with Gasteiger partial charge in [-0.3, -0.25) is 0 Å². The fraction of sp³-hybridized carbons (Fsp3) is 0.429. The van der Waals surface area contributed by atoms with Crippen LogP contribution in [0.4, 0.5) is 0 Å². The van der Waals surface area contributed by atoms with Crippen LogP contribution in [0.5, 0.6) is 11.5 Å². The van der Waals surface area contributed by atoms with E-state index >= 15 is 0 Å². The molecule has 2 rings (SSSR count). The van der Waals surface area contributed by atoms with Crippen molar-refractivity contribution in [2.45, 2.75) is 69.1 Å². The van der Waals surface area contributed by atoms with Crippen molar-refractivity contribution < 1.29 is 10.2 Å². The molecule has 0 aromatic heterocycles. The second-order valence-corrected chi connectivity index (χ2v) is 9.53. The number of aromatic hydroxyl groups is 2. The summed E-state index contributed by atoms with van der Waals surface area (Å²) in [7, 11) is 0. The van der Waals surface area contributed by atoms with Gasteiger partial charge < -0.3 is 10.2 Å². The van der Waals surface area contributed by atoms with Crippen molar-refractivity contribution in [3.8, 4) is 11.5 Å². The summed E-state index contributed by atoms with van der Waals surface area (Å²) < 4.78 is 0. The van der Waals surface area contributed by atoms with Crippen molar-refractivity contribution >= 4 is 11.8 Å². The van der Waals surface area contributed by atoms with Gasteiger partial charge in [0.15, 0.2) is 0 Å². The Labute approximate surface area is 149 Å². The van der Waals surface area contributed by atoms with Crippen LogP contribution in [0, 0.1) is 6.92 Å². The SMILES string of the molecule is Cc1cc(O)c(C(C)(C)C)cc1Sc1ccc(O)c(C(C)(C)C)c1. The van der Waals surface area contributed by atoms with Gasteiger partial charge in [0, 0.05) is 20.9 Å². The summed E-state index contributed by atoms with van der Waals surface area (Å²) >= 11 is 1.67. The van der Waals surface area contributed by atoms with Crippen LogP contribution in [0.25, 0.3) is 0 Å². The fourth-order valence-electron chi connectivity index (χ4n) is 2.69. The Morgan fingerprint density at radius 3 is 1.83 bits per heavy atom. The summed E-state index contributed by atoms with van der Waals surface area (Å²) in [5.41, 5.74) is 2.72. The zero-order valence-electron chi connectivity index (χ0n) is 15.7. The zero-order chi connectivity index (χ0) is 18.3. The molecule has 2 aromatic rings. The number of benzene rings is 2. The quantitative estimate of drug-likeness (QED) is 0.686. The molecule has 2 nitrogen and oxygen atoms in total. The lowest BCUT2D eigenvalue weighted by Crippen LogP contribution is -2.12. The smallest absolute Gasteiger partial charge is 0.119 e. The number of hydrogen-bond acceptors (Lipinski definition) is 3. The molecule has 130 valence electrons. The lowest BCUT2D eigenvalue weighted by atomic mass is 9.86. The van der Waals surface area contributed by atoms with Crippen LogP contribution in [0.2, 0.25) is 0 Å². The van der Waals surface area contributed by atoms with E-state index < -0.39 is 0 Å². The van der Waals surface area contributed by atoms with Gasteiger partial charge in [-0.05, 0) is 53.6 Å².